The summed E-state index contributed by atoms with van der Waals surface area (Å²) >= 11 is 0. The van der Waals surface area contributed by atoms with E-state index in [1.54, 1.807) is 30.3 Å². The summed E-state index contributed by atoms with van der Waals surface area (Å²) in [5.41, 5.74) is 3.08. The topological polar surface area (TPSA) is 67.2 Å². The van der Waals surface area contributed by atoms with Crippen molar-refractivity contribution in [1.29, 1.82) is 0 Å². The molecule has 0 aliphatic heterocycles. The molecule has 0 fully saturated rings. The fraction of sp³-hybridized carbons (Fsp3) is 0.0833. The number of nitrogens with zero attached hydrogens (tertiary/aromatic N) is 1. The first kappa shape index (κ1) is 19.4. The highest BCUT2D eigenvalue weighted by Gasteiger charge is 2.16. The molecule has 0 radical (unpaired) electrons. The molecule has 2 N–H and O–H groups in total. The number of carbonyl (C=O) groups is 1. The fourth-order valence-electron chi connectivity index (χ4n) is 3.09. The smallest absolute Gasteiger partial charge is 0.277 e. The Morgan fingerprint density at radius 2 is 1.60 bits per heavy atom. The third kappa shape index (κ3) is 4.38. The van der Waals surface area contributed by atoms with Gasteiger partial charge in [-0.1, -0.05) is 47.6 Å². The molecule has 1 heterocycles. The summed E-state index contributed by atoms with van der Waals surface area (Å²) in [5, 5.41) is 9.94. The number of anilines is 2. The highest BCUT2D eigenvalue weighted by atomic mass is 19.1. The van der Waals surface area contributed by atoms with Gasteiger partial charge in [0.15, 0.2) is 11.5 Å². The molecule has 3 aromatic carbocycles. The van der Waals surface area contributed by atoms with Crippen LogP contribution in [0.5, 0.6) is 0 Å². The van der Waals surface area contributed by atoms with Crippen LogP contribution in [0, 0.1) is 5.82 Å². The van der Waals surface area contributed by atoms with Gasteiger partial charge in [0, 0.05) is 23.5 Å². The van der Waals surface area contributed by atoms with E-state index in [9.17, 15) is 9.18 Å². The molecule has 0 aliphatic rings. The van der Waals surface area contributed by atoms with Gasteiger partial charge in [0.2, 0.25) is 0 Å². The minimum atomic E-state index is -0.437. The Balaban J connectivity index is 1.40. The molecule has 5 nitrogen and oxygen atoms in total. The number of aromatic nitrogens is 1. The monoisotopic (exact) mass is 401 g/mol. The van der Waals surface area contributed by atoms with Gasteiger partial charge in [-0.05, 0) is 48.9 Å². The molecule has 150 valence electrons. The van der Waals surface area contributed by atoms with Gasteiger partial charge in [-0.15, -0.1) is 0 Å². The van der Waals surface area contributed by atoms with E-state index in [-0.39, 0.29) is 23.1 Å². The maximum atomic E-state index is 13.9. The summed E-state index contributed by atoms with van der Waals surface area (Å²) in [6.07, 6.45) is 0. The van der Waals surface area contributed by atoms with Crippen LogP contribution in [0.2, 0.25) is 0 Å². The molecule has 4 aromatic rings. The molecule has 30 heavy (non-hydrogen) atoms. The van der Waals surface area contributed by atoms with E-state index in [0.717, 1.165) is 5.69 Å². The number of hydrogen-bond donors (Lipinski definition) is 2. The Bertz CT molecular complexity index is 1140. The van der Waals surface area contributed by atoms with E-state index < -0.39 is 11.7 Å². The summed E-state index contributed by atoms with van der Waals surface area (Å²) in [6, 6.07) is 25.3. The van der Waals surface area contributed by atoms with E-state index in [0.29, 0.717) is 5.69 Å². The molecular weight excluding hydrogens is 381 g/mol. The Labute approximate surface area is 173 Å². The third-order valence-electron chi connectivity index (χ3n) is 4.71. The molecule has 1 amide bonds. The Kier molecular flexibility index (Phi) is 5.57. The normalized spacial score (nSPS) is 11.7. The predicted octanol–water partition coefficient (Wildman–Crippen LogP) is 5.91. The minimum Gasteiger partial charge on any atom is -0.379 e. The van der Waals surface area contributed by atoms with E-state index in [2.05, 4.69) is 34.8 Å². The van der Waals surface area contributed by atoms with Crippen molar-refractivity contribution in [1.82, 2.24) is 5.16 Å². The SMILES string of the molecule is CC(Nc1ccc(NC(=O)c2cc(-c3ccccc3F)on2)cc1)c1ccccc1. The highest BCUT2D eigenvalue weighted by molar-refractivity contribution is 6.03. The van der Waals surface area contributed by atoms with Crippen molar-refractivity contribution in [3.8, 4) is 11.3 Å². The third-order valence-corrected chi connectivity index (χ3v) is 4.71. The van der Waals surface area contributed by atoms with E-state index in [1.165, 1.54) is 17.7 Å². The summed E-state index contributed by atoms with van der Waals surface area (Å²) < 4.78 is 19.0. The first-order valence-electron chi connectivity index (χ1n) is 9.54. The number of amides is 1. The summed E-state index contributed by atoms with van der Waals surface area (Å²) in [7, 11) is 0. The average molecular weight is 401 g/mol. The van der Waals surface area contributed by atoms with Crippen molar-refractivity contribution >= 4 is 17.3 Å². The van der Waals surface area contributed by atoms with E-state index in [4.69, 9.17) is 4.52 Å². The molecule has 0 saturated heterocycles. The highest BCUT2D eigenvalue weighted by Crippen LogP contribution is 2.24. The first-order valence-corrected chi connectivity index (χ1v) is 9.54. The number of rotatable bonds is 6. The van der Waals surface area contributed by atoms with Gasteiger partial charge >= 0.3 is 0 Å². The van der Waals surface area contributed by atoms with Gasteiger partial charge in [0.05, 0.1) is 5.56 Å². The van der Waals surface area contributed by atoms with Crippen LogP contribution in [0.15, 0.2) is 89.5 Å². The van der Waals surface area contributed by atoms with Gasteiger partial charge < -0.3 is 15.2 Å². The quantitative estimate of drug-likeness (QED) is 0.422. The van der Waals surface area contributed by atoms with Crippen LogP contribution in [-0.4, -0.2) is 11.1 Å². The van der Waals surface area contributed by atoms with Crippen molar-refractivity contribution in [3.63, 3.8) is 0 Å². The second-order valence-corrected chi connectivity index (χ2v) is 6.86. The molecule has 1 atom stereocenters. The summed E-state index contributed by atoms with van der Waals surface area (Å²) in [6.45, 7) is 2.09. The van der Waals surface area contributed by atoms with Gasteiger partial charge in [0.25, 0.3) is 5.91 Å². The molecule has 0 bridgehead atoms. The van der Waals surface area contributed by atoms with Crippen LogP contribution < -0.4 is 10.6 Å². The Morgan fingerprint density at radius 3 is 2.33 bits per heavy atom. The van der Waals surface area contributed by atoms with E-state index in [1.807, 2.05) is 30.3 Å². The second kappa shape index (κ2) is 8.61. The van der Waals surface area contributed by atoms with Crippen LogP contribution in [0.4, 0.5) is 15.8 Å². The largest absolute Gasteiger partial charge is 0.379 e. The lowest BCUT2D eigenvalue weighted by atomic mass is 10.1. The Hall–Kier alpha value is -3.93. The molecule has 6 heteroatoms. The van der Waals surface area contributed by atoms with Gasteiger partial charge in [-0.2, -0.15) is 0 Å². The summed E-state index contributed by atoms with van der Waals surface area (Å²) in [4.78, 5) is 12.4. The zero-order valence-electron chi connectivity index (χ0n) is 16.3. The molecule has 1 unspecified atom stereocenters. The lowest BCUT2D eigenvalue weighted by molar-refractivity contribution is 0.101. The van der Waals surface area contributed by atoms with Crippen molar-refractivity contribution in [2.75, 3.05) is 10.6 Å². The number of benzene rings is 3. The lowest BCUT2D eigenvalue weighted by Gasteiger charge is -2.16. The predicted molar refractivity (Wildman–Crippen MR) is 115 cm³/mol. The molecule has 4 rings (SSSR count). The van der Waals surface area contributed by atoms with Crippen molar-refractivity contribution in [2.24, 2.45) is 0 Å². The van der Waals surface area contributed by atoms with Gasteiger partial charge in [0.1, 0.15) is 5.82 Å². The lowest BCUT2D eigenvalue weighted by Crippen LogP contribution is -2.12. The molecule has 0 spiro atoms. The first-order chi connectivity index (χ1) is 14.6. The number of nitrogens with one attached hydrogen (secondary N) is 2. The Morgan fingerprint density at radius 1 is 0.933 bits per heavy atom. The van der Waals surface area contributed by atoms with Crippen LogP contribution in [0.25, 0.3) is 11.3 Å². The van der Waals surface area contributed by atoms with Crippen LogP contribution in [0.1, 0.15) is 29.0 Å². The van der Waals surface area contributed by atoms with Gasteiger partial charge in [-0.3, -0.25) is 4.79 Å². The summed E-state index contributed by atoms with van der Waals surface area (Å²) in [5.74, 6) is -0.666. The van der Waals surface area contributed by atoms with Crippen molar-refractivity contribution in [2.45, 2.75) is 13.0 Å². The average Bonchev–Trinajstić information content (AvgIpc) is 3.26. The van der Waals surface area contributed by atoms with Crippen LogP contribution in [0.3, 0.4) is 0 Å². The number of carbonyl (C=O) groups excluding carboxylic acids is 1. The zero-order valence-corrected chi connectivity index (χ0v) is 16.3. The van der Waals surface area contributed by atoms with Crippen molar-refractivity contribution in [3.05, 3.63) is 102 Å². The maximum absolute atomic E-state index is 13.9. The molecular formula is C24H20FN3O2. The minimum absolute atomic E-state index is 0.0770. The van der Waals surface area contributed by atoms with E-state index >= 15 is 0 Å². The number of halogens is 1. The standard InChI is InChI=1S/C24H20FN3O2/c1-16(17-7-3-2-4-8-17)26-18-11-13-19(14-12-18)27-24(29)22-15-23(30-28-22)20-9-5-6-10-21(20)25/h2-16,26H,1H3,(H,27,29). The molecule has 1 aromatic heterocycles. The van der Waals surface area contributed by atoms with Crippen LogP contribution >= 0.6 is 0 Å². The maximum Gasteiger partial charge on any atom is 0.277 e. The van der Waals surface area contributed by atoms with Crippen molar-refractivity contribution < 1.29 is 13.7 Å². The zero-order chi connectivity index (χ0) is 20.9. The fourth-order valence-corrected chi connectivity index (χ4v) is 3.09. The van der Waals surface area contributed by atoms with Gasteiger partial charge in [-0.25, -0.2) is 4.39 Å². The number of hydrogen-bond acceptors (Lipinski definition) is 4. The molecule has 0 saturated carbocycles. The second-order valence-electron chi connectivity index (χ2n) is 6.86. The molecule has 0 aliphatic carbocycles. The van der Waals surface area contributed by atoms with Crippen LogP contribution in [-0.2, 0) is 0 Å².